The quantitative estimate of drug-likeness (QED) is 0.161. The standard InChI is InChI=1S/C33H38Cl2N6O9/c1-18-11-10-12-20(41(45)46)27(18)39(30(43)49-32(2,3)4)24-16-23(36-17-37-24)38(19-13-14-19)29(42)40(31(44)50-33(5,6)7)28-25(34)21(47-8)15-22(48-9)26(28)35/h10-12,15-17,19H,13-14H2,1-9H3. The van der Waals surface area contributed by atoms with Gasteiger partial charge >= 0.3 is 18.2 Å². The number of amides is 4. The Kier molecular flexibility index (Phi) is 11.0. The predicted octanol–water partition coefficient (Wildman–Crippen LogP) is 8.62. The zero-order chi connectivity index (χ0) is 37.3. The molecule has 4 amide bonds. The summed E-state index contributed by atoms with van der Waals surface area (Å²) in [6.07, 6.45) is 0.0413. The molecule has 0 N–H and O–H groups in total. The van der Waals surface area contributed by atoms with Gasteiger partial charge in [0.2, 0.25) is 0 Å². The molecule has 2 aromatic carbocycles. The molecule has 0 saturated heterocycles. The van der Waals surface area contributed by atoms with Crippen molar-refractivity contribution in [3.63, 3.8) is 0 Å². The van der Waals surface area contributed by atoms with Gasteiger partial charge in [-0.2, -0.15) is 4.90 Å². The summed E-state index contributed by atoms with van der Waals surface area (Å²) in [7, 11) is 2.68. The predicted molar refractivity (Wildman–Crippen MR) is 187 cm³/mol. The van der Waals surface area contributed by atoms with Gasteiger partial charge in [0, 0.05) is 24.2 Å². The zero-order valence-corrected chi connectivity index (χ0v) is 30.6. The number of ether oxygens (including phenoxy) is 4. The number of methoxy groups -OCH3 is 2. The van der Waals surface area contributed by atoms with Crippen LogP contribution in [0.1, 0.15) is 59.9 Å². The number of hydrogen-bond acceptors (Lipinski definition) is 11. The maximum atomic E-state index is 14.7. The second-order valence-corrected chi connectivity index (χ2v) is 14.0. The third kappa shape index (κ3) is 8.28. The number of aromatic nitrogens is 2. The number of aryl methyl sites for hydroxylation is 1. The molecule has 3 aromatic rings. The highest BCUT2D eigenvalue weighted by atomic mass is 35.5. The summed E-state index contributed by atoms with van der Waals surface area (Å²) >= 11 is 13.4. The molecular weight excluding hydrogens is 695 g/mol. The summed E-state index contributed by atoms with van der Waals surface area (Å²) in [6.45, 7) is 11.4. The van der Waals surface area contributed by atoms with Crippen LogP contribution >= 0.6 is 23.2 Å². The van der Waals surface area contributed by atoms with Crippen LogP contribution in [-0.2, 0) is 9.47 Å². The fraction of sp³-hybridized carbons (Fsp3) is 0.424. The molecule has 268 valence electrons. The number of imide groups is 1. The van der Waals surface area contributed by atoms with Crippen molar-refractivity contribution < 1.29 is 38.3 Å². The molecule has 4 rings (SSSR count). The van der Waals surface area contributed by atoms with Gasteiger partial charge in [0.25, 0.3) is 5.69 Å². The molecule has 0 unspecified atom stereocenters. The molecule has 0 bridgehead atoms. The normalized spacial score (nSPS) is 12.9. The second kappa shape index (κ2) is 14.5. The van der Waals surface area contributed by atoms with E-state index in [1.54, 1.807) is 54.5 Å². The zero-order valence-electron chi connectivity index (χ0n) is 29.1. The van der Waals surface area contributed by atoms with Crippen molar-refractivity contribution in [2.45, 2.75) is 78.6 Å². The largest absolute Gasteiger partial charge is 0.495 e. The molecule has 0 atom stereocenters. The summed E-state index contributed by atoms with van der Waals surface area (Å²) in [4.78, 5) is 65.3. The van der Waals surface area contributed by atoms with E-state index in [9.17, 15) is 24.5 Å². The number of carbonyl (C=O) groups excluding carboxylic acids is 3. The molecule has 1 heterocycles. The van der Waals surface area contributed by atoms with Crippen LogP contribution in [0.15, 0.2) is 36.7 Å². The topological polar surface area (TPSA) is 167 Å². The van der Waals surface area contributed by atoms with Crippen LogP contribution in [0.2, 0.25) is 10.0 Å². The van der Waals surface area contributed by atoms with Crippen LogP contribution in [0.4, 0.5) is 43.1 Å². The number of halogens is 2. The van der Waals surface area contributed by atoms with Crippen molar-refractivity contribution in [3.8, 4) is 11.5 Å². The number of nitrogens with zero attached hydrogens (tertiary/aromatic N) is 6. The Balaban J connectivity index is 1.94. The molecule has 1 aliphatic carbocycles. The fourth-order valence-corrected chi connectivity index (χ4v) is 5.47. The highest BCUT2D eigenvalue weighted by molar-refractivity contribution is 6.43. The lowest BCUT2D eigenvalue weighted by Gasteiger charge is -2.32. The minimum Gasteiger partial charge on any atom is -0.495 e. The van der Waals surface area contributed by atoms with E-state index in [0.717, 1.165) is 11.2 Å². The minimum absolute atomic E-state index is 0.0528. The third-order valence-electron chi connectivity index (χ3n) is 6.99. The summed E-state index contributed by atoms with van der Waals surface area (Å²) in [6, 6.07) is 5.58. The number of hydrogen-bond donors (Lipinski definition) is 0. The van der Waals surface area contributed by atoms with E-state index in [4.69, 9.17) is 42.1 Å². The molecular formula is C33H38Cl2N6O9. The van der Waals surface area contributed by atoms with Crippen molar-refractivity contribution in [3.05, 3.63) is 62.4 Å². The highest BCUT2D eigenvalue weighted by Gasteiger charge is 2.44. The summed E-state index contributed by atoms with van der Waals surface area (Å²) in [5.74, 6) is -0.0928. The number of para-hydroxylation sites is 1. The monoisotopic (exact) mass is 732 g/mol. The molecule has 50 heavy (non-hydrogen) atoms. The average Bonchev–Trinajstić information content (AvgIpc) is 3.84. The molecule has 1 aliphatic rings. The molecule has 0 aliphatic heterocycles. The summed E-state index contributed by atoms with van der Waals surface area (Å²) in [5.41, 5.74) is -2.44. The molecule has 1 saturated carbocycles. The highest BCUT2D eigenvalue weighted by Crippen LogP contribution is 2.48. The van der Waals surface area contributed by atoms with Crippen molar-refractivity contribution >= 4 is 70.1 Å². The smallest absolute Gasteiger partial charge is 0.423 e. The third-order valence-corrected chi connectivity index (χ3v) is 7.72. The van der Waals surface area contributed by atoms with E-state index in [0.29, 0.717) is 23.3 Å². The summed E-state index contributed by atoms with van der Waals surface area (Å²) < 4.78 is 22.1. The maximum absolute atomic E-state index is 14.7. The van der Waals surface area contributed by atoms with Crippen LogP contribution in [-0.4, -0.2) is 64.6 Å². The number of benzene rings is 2. The Morgan fingerprint density at radius 1 is 0.860 bits per heavy atom. The summed E-state index contributed by atoms with van der Waals surface area (Å²) in [5, 5.41) is 11.8. The minimum atomic E-state index is -1.12. The molecule has 0 radical (unpaired) electrons. The first-order valence-electron chi connectivity index (χ1n) is 15.3. The molecule has 0 spiro atoms. The van der Waals surface area contributed by atoms with Crippen LogP contribution in [0.3, 0.4) is 0 Å². The van der Waals surface area contributed by atoms with E-state index < -0.39 is 46.1 Å². The number of carbonyl (C=O) groups is 3. The number of nitro benzene ring substituents is 1. The van der Waals surface area contributed by atoms with E-state index in [1.807, 2.05) is 0 Å². The Hall–Kier alpha value is -4.89. The van der Waals surface area contributed by atoms with Gasteiger partial charge in [0.05, 0.1) is 19.1 Å². The SMILES string of the molecule is COc1cc(OC)c(Cl)c(N(C(=O)OC(C)(C)C)C(=O)N(c2cc(N(C(=O)OC(C)(C)C)c3c(C)cccc3[N+](=O)[O-])ncn2)C2CC2)c1Cl. The Morgan fingerprint density at radius 2 is 1.40 bits per heavy atom. The lowest BCUT2D eigenvalue weighted by molar-refractivity contribution is -0.384. The number of urea groups is 1. The lowest BCUT2D eigenvalue weighted by Crippen LogP contribution is -2.50. The van der Waals surface area contributed by atoms with Gasteiger partial charge in [0.1, 0.15) is 62.1 Å². The maximum Gasteiger partial charge on any atom is 0.423 e. The van der Waals surface area contributed by atoms with Crippen LogP contribution in [0, 0.1) is 17.0 Å². The van der Waals surface area contributed by atoms with Gasteiger partial charge in [-0.1, -0.05) is 35.3 Å². The van der Waals surface area contributed by atoms with E-state index in [1.165, 1.54) is 43.4 Å². The Bertz CT molecular complexity index is 1790. The molecule has 17 heteroatoms. The molecule has 15 nitrogen and oxygen atoms in total. The van der Waals surface area contributed by atoms with Crippen molar-refractivity contribution in [2.75, 3.05) is 28.9 Å². The van der Waals surface area contributed by atoms with Gasteiger partial charge in [-0.3, -0.25) is 15.0 Å². The first-order valence-corrected chi connectivity index (χ1v) is 16.1. The lowest BCUT2D eigenvalue weighted by atomic mass is 10.1. The number of anilines is 4. The van der Waals surface area contributed by atoms with Crippen LogP contribution in [0.5, 0.6) is 11.5 Å². The van der Waals surface area contributed by atoms with Crippen LogP contribution in [0.25, 0.3) is 0 Å². The molecule has 1 fully saturated rings. The van der Waals surface area contributed by atoms with Gasteiger partial charge < -0.3 is 18.9 Å². The Morgan fingerprint density at radius 3 is 1.90 bits per heavy atom. The number of rotatable bonds is 8. The van der Waals surface area contributed by atoms with E-state index in [-0.39, 0.29) is 44.6 Å². The van der Waals surface area contributed by atoms with E-state index in [2.05, 4.69) is 9.97 Å². The van der Waals surface area contributed by atoms with Crippen molar-refractivity contribution in [2.24, 2.45) is 0 Å². The van der Waals surface area contributed by atoms with Gasteiger partial charge in [0.15, 0.2) is 0 Å². The first-order chi connectivity index (χ1) is 23.3. The Labute approximate surface area is 299 Å². The van der Waals surface area contributed by atoms with Gasteiger partial charge in [-0.25, -0.2) is 29.3 Å². The van der Waals surface area contributed by atoms with Crippen LogP contribution < -0.4 is 24.2 Å². The first kappa shape index (κ1) is 37.9. The molecule has 1 aromatic heterocycles. The number of nitro groups is 1. The fourth-order valence-electron chi connectivity index (χ4n) is 4.80. The second-order valence-electron chi connectivity index (χ2n) is 13.2. The average molecular weight is 734 g/mol. The van der Waals surface area contributed by atoms with Gasteiger partial charge in [-0.05, 0) is 66.9 Å². The van der Waals surface area contributed by atoms with Crippen molar-refractivity contribution in [1.29, 1.82) is 0 Å². The van der Waals surface area contributed by atoms with E-state index >= 15 is 0 Å². The van der Waals surface area contributed by atoms with Gasteiger partial charge in [-0.15, -0.1) is 0 Å². The van der Waals surface area contributed by atoms with Crippen molar-refractivity contribution in [1.82, 2.24) is 9.97 Å².